The highest BCUT2D eigenvalue weighted by atomic mass is 16.6. The van der Waals surface area contributed by atoms with E-state index in [0.29, 0.717) is 19.6 Å². The monoisotopic (exact) mass is 239 g/mol. The molecule has 1 fully saturated rings. The lowest BCUT2D eigenvalue weighted by Gasteiger charge is -2.31. The molecule has 0 radical (unpaired) electrons. The van der Waals surface area contributed by atoms with E-state index in [1.165, 1.54) is 0 Å². The van der Waals surface area contributed by atoms with E-state index >= 15 is 0 Å². The predicted molar refractivity (Wildman–Crippen MR) is 58.6 cm³/mol. The first-order chi connectivity index (χ1) is 8.09. The molecular formula is C9H13N5O3. The number of hydrogen-bond donors (Lipinski definition) is 2. The van der Waals surface area contributed by atoms with Crippen molar-refractivity contribution in [3.63, 3.8) is 0 Å². The minimum atomic E-state index is -0.609. The number of piperazine rings is 1. The number of carbonyl (C=O) groups is 1. The molecule has 17 heavy (non-hydrogen) atoms. The number of amides is 1. The highest BCUT2D eigenvalue weighted by Gasteiger charge is 2.29. The summed E-state index contributed by atoms with van der Waals surface area (Å²) in [5.41, 5.74) is -0.328. The Hall–Kier alpha value is -1.96. The van der Waals surface area contributed by atoms with Crippen molar-refractivity contribution in [1.82, 2.24) is 20.4 Å². The molecule has 8 heteroatoms. The van der Waals surface area contributed by atoms with E-state index in [1.54, 1.807) is 4.90 Å². The van der Waals surface area contributed by atoms with Crippen LogP contribution in [0.15, 0.2) is 6.20 Å². The zero-order chi connectivity index (χ0) is 12.4. The fraction of sp³-hybridized carbons (Fsp3) is 0.556. The number of aromatic nitrogens is 2. The lowest BCUT2D eigenvalue weighted by molar-refractivity contribution is -0.385. The molecule has 1 aliphatic heterocycles. The summed E-state index contributed by atoms with van der Waals surface area (Å²) in [6.07, 6.45) is 1.05. The zero-order valence-corrected chi connectivity index (χ0v) is 9.34. The molecule has 1 atom stereocenters. The smallest absolute Gasteiger partial charge is 0.319 e. The Labute approximate surface area is 97.1 Å². The molecule has 92 valence electrons. The molecule has 1 aliphatic rings. The van der Waals surface area contributed by atoms with Crippen LogP contribution in [0.5, 0.6) is 0 Å². The van der Waals surface area contributed by atoms with Gasteiger partial charge < -0.3 is 10.2 Å². The predicted octanol–water partition coefficient (Wildman–Crippen LogP) is -0.248. The fourth-order valence-electron chi connectivity index (χ4n) is 1.85. The molecule has 0 unspecified atom stereocenters. The summed E-state index contributed by atoms with van der Waals surface area (Å²) in [7, 11) is 0. The lowest BCUT2D eigenvalue weighted by Crippen LogP contribution is -2.51. The van der Waals surface area contributed by atoms with Crippen molar-refractivity contribution >= 4 is 11.6 Å². The molecule has 1 saturated heterocycles. The molecule has 0 aromatic carbocycles. The molecular weight excluding hydrogens is 226 g/mol. The number of H-pyrrole nitrogens is 1. The van der Waals surface area contributed by atoms with Gasteiger partial charge in [-0.05, 0) is 6.92 Å². The molecule has 2 heterocycles. The van der Waals surface area contributed by atoms with Crippen molar-refractivity contribution in [3.8, 4) is 0 Å². The van der Waals surface area contributed by atoms with Gasteiger partial charge in [-0.25, -0.2) is 0 Å². The second-order valence-electron chi connectivity index (χ2n) is 3.99. The largest absolute Gasteiger partial charge is 0.334 e. The van der Waals surface area contributed by atoms with Gasteiger partial charge in [-0.3, -0.25) is 20.0 Å². The van der Waals surface area contributed by atoms with Crippen LogP contribution in [0.2, 0.25) is 0 Å². The average Bonchev–Trinajstić information content (AvgIpc) is 2.77. The van der Waals surface area contributed by atoms with Crippen molar-refractivity contribution in [2.75, 3.05) is 19.6 Å². The van der Waals surface area contributed by atoms with Gasteiger partial charge in [0.1, 0.15) is 6.20 Å². The van der Waals surface area contributed by atoms with Gasteiger partial charge in [-0.2, -0.15) is 5.10 Å². The molecule has 1 amide bonds. The fourth-order valence-corrected chi connectivity index (χ4v) is 1.85. The van der Waals surface area contributed by atoms with Crippen molar-refractivity contribution < 1.29 is 9.72 Å². The topological polar surface area (TPSA) is 104 Å². The third-order valence-corrected chi connectivity index (χ3v) is 2.69. The standard InChI is InChI=1S/C9H13N5O3/c1-6-5-13(3-2-10-6)9(15)8-7(14(16)17)4-11-12-8/h4,6,10H,2-3,5H2,1H3,(H,11,12)/t6-/m1/s1. The molecule has 0 bridgehead atoms. The van der Waals surface area contributed by atoms with E-state index in [0.717, 1.165) is 6.20 Å². The Morgan fingerprint density at radius 1 is 1.71 bits per heavy atom. The van der Waals surface area contributed by atoms with Crippen LogP contribution in [-0.2, 0) is 0 Å². The van der Waals surface area contributed by atoms with Crippen LogP contribution < -0.4 is 5.32 Å². The third kappa shape index (κ3) is 2.26. The van der Waals surface area contributed by atoms with E-state index in [2.05, 4.69) is 15.5 Å². The van der Waals surface area contributed by atoms with Gasteiger partial charge in [-0.15, -0.1) is 0 Å². The third-order valence-electron chi connectivity index (χ3n) is 2.69. The zero-order valence-electron chi connectivity index (χ0n) is 9.34. The summed E-state index contributed by atoms with van der Waals surface area (Å²) in [6.45, 7) is 3.73. The Kier molecular flexibility index (Phi) is 3.05. The maximum Gasteiger partial charge on any atom is 0.319 e. The Morgan fingerprint density at radius 2 is 2.47 bits per heavy atom. The number of hydrogen-bond acceptors (Lipinski definition) is 5. The molecule has 2 N–H and O–H groups in total. The van der Waals surface area contributed by atoms with E-state index in [4.69, 9.17) is 0 Å². The van der Waals surface area contributed by atoms with Gasteiger partial charge in [0.2, 0.25) is 5.69 Å². The number of nitro groups is 1. The van der Waals surface area contributed by atoms with Crippen LogP contribution in [0.25, 0.3) is 0 Å². The van der Waals surface area contributed by atoms with Gasteiger partial charge in [0.15, 0.2) is 0 Å². The Bertz CT molecular complexity index is 444. The van der Waals surface area contributed by atoms with Crippen LogP contribution in [0.3, 0.4) is 0 Å². The molecule has 0 aliphatic carbocycles. The summed E-state index contributed by atoms with van der Waals surface area (Å²) in [4.78, 5) is 23.7. The van der Waals surface area contributed by atoms with Crippen LogP contribution in [-0.4, -0.2) is 51.6 Å². The quantitative estimate of drug-likeness (QED) is 0.547. The van der Waals surface area contributed by atoms with E-state index in [9.17, 15) is 14.9 Å². The van der Waals surface area contributed by atoms with Crippen LogP contribution in [0.1, 0.15) is 17.4 Å². The van der Waals surface area contributed by atoms with Crippen LogP contribution in [0.4, 0.5) is 5.69 Å². The van der Waals surface area contributed by atoms with Gasteiger partial charge in [0, 0.05) is 25.7 Å². The highest BCUT2D eigenvalue weighted by molar-refractivity contribution is 5.96. The maximum atomic E-state index is 12.1. The summed E-state index contributed by atoms with van der Waals surface area (Å²) in [6, 6.07) is 0.190. The summed E-state index contributed by atoms with van der Waals surface area (Å²) < 4.78 is 0. The van der Waals surface area contributed by atoms with Gasteiger partial charge in [-0.1, -0.05) is 0 Å². The van der Waals surface area contributed by atoms with Gasteiger partial charge >= 0.3 is 5.69 Å². The second kappa shape index (κ2) is 4.50. The number of rotatable bonds is 2. The number of nitrogens with zero attached hydrogens (tertiary/aromatic N) is 3. The molecule has 1 aromatic heterocycles. The first kappa shape index (κ1) is 11.5. The summed E-state index contributed by atoms with van der Waals surface area (Å²) in [5, 5.41) is 19.8. The first-order valence-corrected chi connectivity index (χ1v) is 5.30. The highest BCUT2D eigenvalue weighted by Crippen LogP contribution is 2.17. The SMILES string of the molecule is C[C@@H]1CN(C(=O)c2[nH]ncc2[N+](=O)[O-])CCN1. The van der Waals surface area contributed by atoms with Gasteiger partial charge in [0.05, 0.1) is 4.92 Å². The minimum Gasteiger partial charge on any atom is -0.334 e. The molecule has 0 spiro atoms. The number of carbonyl (C=O) groups excluding carboxylic acids is 1. The van der Waals surface area contributed by atoms with Crippen LogP contribution in [0, 0.1) is 10.1 Å². The van der Waals surface area contributed by atoms with Crippen molar-refractivity contribution in [1.29, 1.82) is 0 Å². The second-order valence-corrected chi connectivity index (χ2v) is 3.99. The number of aromatic amines is 1. The minimum absolute atomic E-state index is 0.0518. The van der Waals surface area contributed by atoms with Crippen molar-refractivity contribution in [3.05, 3.63) is 22.0 Å². The Balaban J connectivity index is 2.18. The summed E-state index contributed by atoms with van der Waals surface area (Å²) >= 11 is 0. The average molecular weight is 239 g/mol. The number of nitrogens with one attached hydrogen (secondary N) is 2. The normalized spacial score (nSPS) is 20.3. The van der Waals surface area contributed by atoms with E-state index in [1.807, 2.05) is 6.92 Å². The maximum absolute atomic E-state index is 12.1. The molecule has 8 nitrogen and oxygen atoms in total. The first-order valence-electron chi connectivity index (χ1n) is 5.30. The lowest BCUT2D eigenvalue weighted by atomic mass is 10.2. The van der Waals surface area contributed by atoms with Crippen molar-refractivity contribution in [2.24, 2.45) is 0 Å². The molecule has 0 saturated carbocycles. The van der Waals surface area contributed by atoms with E-state index in [-0.39, 0.29) is 23.3 Å². The van der Waals surface area contributed by atoms with Crippen LogP contribution >= 0.6 is 0 Å². The van der Waals surface area contributed by atoms with Crippen molar-refractivity contribution in [2.45, 2.75) is 13.0 Å². The summed E-state index contributed by atoms with van der Waals surface area (Å²) in [5.74, 6) is -0.373. The Morgan fingerprint density at radius 3 is 3.12 bits per heavy atom. The van der Waals surface area contributed by atoms with Gasteiger partial charge in [0.25, 0.3) is 5.91 Å². The molecule has 1 aromatic rings. The molecule has 2 rings (SSSR count). The van der Waals surface area contributed by atoms with E-state index < -0.39 is 4.92 Å².